The molecule has 0 heteroatoms. The SMILES string of the molecule is c1ccc2c(c1)c(-c1ccc3cc(-c4ccc5cc(-c6cc7c8ccccc8c8ccccc8c7c7ccccc67)ccc5c4)ccc3c1)cc1c3ccccc3c3ccccc3c21. The molecule has 64 heavy (non-hydrogen) atoms. The van der Waals surface area contributed by atoms with Crippen molar-refractivity contribution in [3.05, 3.63) is 231 Å². The summed E-state index contributed by atoms with van der Waals surface area (Å²) in [6, 6.07) is 86.1. The minimum Gasteiger partial charge on any atom is -0.0616 e. The van der Waals surface area contributed by atoms with Crippen LogP contribution < -0.4 is 0 Å². The summed E-state index contributed by atoms with van der Waals surface area (Å²) in [6.45, 7) is 0. The summed E-state index contributed by atoms with van der Waals surface area (Å²) >= 11 is 0. The molecule has 0 atom stereocenters. The van der Waals surface area contributed by atoms with Gasteiger partial charge < -0.3 is 0 Å². The van der Waals surface area contributed by atoms with Gasteiger partial charge in [0.05, 0.1) is 0 Å². The Balaban J connectivity index is 0.861. The molecule has 0 fully saturated rings. The Hall–Kier alpha value is -8.32. The van der Waals surface area contributed by atoms with Crippen LogP contribution in [0.4, 0.5) is 0 Å². The first-order valence-electron chi connectivity index (χ1n) is 22.3. The lowest BCUT2D eigenvalue weighted by molar-refractivity contribution is 1.66. The van der Waals surface area contributed by atoms with E-state index in [1.54, 1.807) is 0 Å². The monoisotopic (exact) mass is 806 g/mol. The highest BCUT2D eigenvalue weighted by molar-refractivity contribution is 6.34. The Kier molecular flexibility index (Phi) is 7.49. The van der Waals surface area contributed by atoms with Crippen molar-refractivity contribution in [3.8, 4) is 33.4 Å². The molecule has 0 aromatic heterocycles. The molecule has 0 N–H and O–H groups in total. The van der Waals surface area contributed by atoms with E-state index < -0.39 is 0 Å². The zero-order chi connectivity index (χ0) is 41.9. The molecule has 14 aromatic rings. The van der Waals surface area contributed by atoms with Crippen molar-refractivity contribution in [2.24, 2.45) is 0 Å². The lowest BCUT2D eigenvalue weighted by Crippen LogP contribution is -1.89. The van der Waals surface area contributed by atoms with Gasteiger partial charge in [-0.05, 0) is 178 Å². The molecule has 0 unspecified atom stereocenters. The van der Waals surface area contributed by atoms with Crippen LogP contribution in [0.5, 0.6) is 0 Å². The summed E-state index contributed by atoms with van der Waals surface area (Å²) in [5.74, 6) is 0. The first-order chi connectivity index (χ1) is 31.7. The molecule has 0 aliphatic heterocycles. The fourth-order valence-corrected chi connectivity index (χ4v) is 11.2. The van der Waals surface area contributed by atoms with Gasteiger partial charge in [0.2, 0.25) is 0 Å². The zero-order valence-corrected chi connectivity index (χ0v) is 34.9. The van der Waals surface area contributed by atoms with Crippen LogP contribution in [-0.4, -0.2) is 0 Å². The number of benzene rings is 14. The van der Waals surface area contributed by atoms with E-state index in [1.165, 1.54) is 141 Å². The maximum absolute atomic E-state index is 2.44. The molecule has 0 saturated heterocycles. The summed E-state index contributed by atoms with van der Waals surface area (Å²) < 4.78 is 0. The van der Waals surface area contributed by atoms with Gasteiger partial charge in [-0.2, -0.15) is 0 Å². The third-order valence-electron chi connectivity index (χ3n) is 14.1. The third-order valence-corrected chi connectivity index (χ3v) is 14.1. The Labute approximate surface area is 369 Å². The van der Waals surface area contributed by atoms with Gasteiger partial charge in [-0.3, -0.25) is 0 Å². The van der Waals surface area contributed by atoms with Gasteiger partial charge in [0.15, 0.2) is 0 Å². The van der Waals surface area contributed by atoms with Crippen LogP contribution >= 0.6 is 0 Å². The largest absolute Gasteiger partial charge is 0.0616 e. The molecule has 0 aliphatic carbocycles. The number of hydrogen-bond acceptors (Lipinski definition) is 0. The van der Waals surface area contributed by atoms with Crippen molar-refractivity contribution >= 4 is 108 Å². The molecule has 0 nitrogen and oxygen atoms in total. The predicted molar refractivity (Wildman–Crippen MR) is 278 cm³/mol. The topological polar surface area (TPSA) is 0 Å². The van der Waals surface area contributed by atoms with Crippen LogP contribution in [0.1, 0.15) is 0 Å². The highest BCUT2D eigenvalue weighted by atomic mass is 14.2. The maximum Gasteiger partial charge on any atom is -0.00199 e. The standard InChI is InChI=1S/C64H38/c1-3-17-51-47(13-1)49-15-5-9-21-55(49)63-57-23-11-7-19-53(57)59(37-61(51)63)45-31-29-41-33-39(25-27-43(41)35-45)40-26-28-44-36-46(32-30-42(44)34-40)60-38-62-52-18-4-2-14-48(52)50-16-6-10-22-56(50)64(62)58-24-12-8-20-54(58)60/h1-38H. The molecule has 14 rings (SSSR count). The van der Waals surface area contributed by atoms with E-state index in [2.05, 4.69) is 231 Å². The van der Waals surface area contributed by atoms with Gasteiger partial charge in [0, 0.05) is 0 Å². The van der Waals surface area contributed by atoms with Crippen LogP contribution in [0.25, 0.3) is 141 Å². The van der Waals surface area contributed by atoms with Crippen LogP contribution in [0.2, 0.25) is 0 Å². The lowest BCUT2D eigenvalue weighted by Gasteiger charge is -2.16. The van der Waals surface area contributed by atoms with Crippen molar-refractivity contribution in [3.63, 3.8) is 0 Å². The summed E-state index contributed by atoms with van der Waals surface area (Å²) in [5.41, 5.74) is 7.44. The van der Waals surface area contributed by atoms with Crippen LogP contribution in [0.3, 0.4) is 0 Å². The maximum atomic E-state index is 2.44. The second kappa shape index (κ2) is 13.6. The van der Waals surface area contributed by atoms with Crippen molar-refractivity contribution in [1.82, 2.24) is 0 Å². The minimum absolute atomic E-state index is 1.22. The normalized spacial score (nSPS) is 12.1. The number of rotatable bonds is 3. The van der Waals surface area contributed by atoms with Gasteiger partial charge in [0.1, 0.15) is 0 Å². The Morgan fingerprint density at radius 1 is 0.156 bits per heavy atom. The first kappa shape index (κ1) is 35.3. The van der Waals surface area contributed by atoms with Gasteiger partial charge in [0.25, 0.3) is 0 Å². The second-order valence-electron chi connectivity index (χ2n) is 17.5. The number of fused-ring (bicyclic) bond motifs is 18. The van der Waals surface area contributed by atoms with Crippen LogP contribution in [0, 0.1) is 0 Å². The van der Waals surface area contributed by atoms with E-state index in [0.717, 1.165) is 0 Å². The average Bonchev–Trinajstić information content (AvgIpc) is 3.37. The van der Waals surface area contributed by atoms with E-state index in [1.807, 2.05) is 0 Å². The van der Waals surface area contributed by atoms with Gasteiger partial charge in [-0.1, -0.05) is 194 Å². The van der Waals surface area contributed by atoms with E-state index in [9.17, 15) is 0 Å². The van der Waals surface area contributed by atoms with Gasteiger partial charge in [-0.25, -0.2) is 0 Å². The molecule has 0 radical (unpaired) electrons. The summed E-state index contributed by atoms with van der Waals surface area (Å²) in [6.07, 6.45) is 0. The van der Waals surface area contributed by atoms with E-state index in [4.69, 9.17) is 0 Å². The Bertz CT molecular complexity index is 4020. The molecule has 0 bridgehead atoms. The Morgan fingerprint density at radius 2 is 0.391 bits per heavy atom. The van der Waals surface area contributed by atoms with E-state index >= 15 is 0 Å². The molecule has 0 saturated carbocycles. The lowest BCUT2D eigenvalue weighted by atomic mass is 9.87. The molecule has 0 spiro atoms. The average molecular weight is 807 g/mol. The van der Waals surface area contributed by atoms with Crippen molar-refractivity contribution in [2.45, 2.75) is 0 Å². The Morgan fingerprint density at radius 3 is 0.734 bits per heavy atom. The molecular formula is C64H38. The van der Waals surface area contributed by atoms with Crippen molar-refractivity contribution in [2.75, 3.05) is 0 Å². The summed E-state index contributed by atoms with van der Waals surface area (Å²) in [4.78, 5) is 0. The smallest absolute Gasteiger partial charge is 0.00199 e. The first-order valence-corrected chi connectivity index (χ1v) is 22.3. The molecule has 0 heterocycles. The van der Waals surface area contributed by atoms with Crippen molar-refractivity contribution in [1.29, 1.82) is 0 Å². The highest BCUT2D eigenvalue weighted by Crippen LogP contribution is 2.45. The summed E-state index contributed by atoms with van der Waals surface area (Å²) in [5, 5.41) is 25.8. The van der Waals surface area contributed by atoms with Crippen molar-refractivity contribution < 1.29 is 0 Å². The van der Waals surface area contributed by atoms with E-state index in [0.29, 0.717) is 0 Å². The molecule has 14 aromatic carbocycles. The predicted octanol–water partition coefficient (Wildman–Crippen LogP) is 18.2. The molecule has 0 aliphatic rings. The van der Waals surface area contributed by atoms with Gasteiger partial charge >= 0.3 is 0 Å². The van der Waals surface area contributed by atoms with Gasteiger partial charge in [-0.15, -0.1) is 0 Å². The molecule has 0 amide bonds. The van der Waals surface area contributed by atoms with Crippen LogP contribution in [0.15, 0.2) is 231 Å². The molecule has 294 valence electrons. The minimum atomic E-state index is 1.22. The second-order valence-corrected chi connectivity index (χ2v) is 17.5. The third kappa shape index (κ3) is 5.17. The quantitative estimate of drug-likeness (QED) is 0.156. The fourth-order valence-electron chi connectivity index (χ4n) is 11.2. The fraction of sp³-hybridized carbons (Fsp3) is 0. The van der Waals surface area contributed by atoms with E-state index in [-0.39, 0.29) is 0 Å². The summed E-state index contributed by atoms with van der Waals surface area (Å²) in [7, 11) is 0. The highest BCUT2D eigenvalue weighted by Gasteiger charge is 2.17. The van der Waals surface area contributed by atoms with Crippen LogP contribution in [-0.2, 0) is 0 Å². The number of hydrogen-bond donors (Lipinski definition) is 0. The zero-order valence-electron chi connectivity index (χ0n) is 34.9. The molecular weight excluding hydrogens is 769 g/mol.